The van der Waals surface area contributed by atoms with Crippen molar-refractivity contribution in [3.8, 4) is 0 Å². The van der Waals surface area contributed by atoms with Crippen LogP contribution in [0.1, 0.15) is 25.1 Å². The van der Waals surface area contributed by atoms with Crippen LogP contribution in [-0.2, 0) is 24.9 Å². The van der Waals surface area contributed by atoms with Crippen molar-refractivity contribution in [3.63, 3.8) is 0 Å². The Hall–Kier alpha value is -1.32. The van der Waals surface area contributed by atoms with E-state index in [2.05, 4.69) is 5.10 Å². The predicted molar refractivity (Wildman–Crippen MR) is 52.3 cm³/mol. The highest BCUT2D eigenvalue weighted by Gasteiger charge is 2.27. The second-order valence-corrected chi connectivity index (χ2v) is 4.09. The number of fused-ring (bicyclic) bond motifs is 1. The second kappa shape index (κ2) is 3.12. The Bertz CT molecular complexity index is 367. The van der Waals surface area contributed by atoms with E-state index in [1.54, 1.807) is 0 Å². The normalized spacial score (nSPS) is 15.0. The van der Waals surface area contributed by atoms with Crippen LogP contribution >= 0.6 is 0 Å². The van der Waals surface area contributed by atoms with Crippen molar-refractivity contribution in [1.82, 2.24) is 14.7 Å². The van der Waals surface area contributed by atoms with Gasteiger partial charge in [0.2, 0.25) is 5.91 Å². The molecule has 0 spiro atoms. The Balaban J connectivity index is 2.16. The summed E-state index contributed by atoms with van der Waals surface area (Å²) >= 11 is 0. The Kier molecular flexibility index (Phi) is 2.06. The van der Waals surface area contributed by atoms with Crippen LogP contribution in [0.25, 0.3) is 0 Å². The summed E-state index contributed by atoms with van der Waals surface area (Å²) in [4.78, 5) is 13.6. The summed E-state index contributed by atoms with van der Waals surface area (Å²) in [6.07, 6.45) is 1.85. The van der Waals surface area contributed by atoms with Gasteiger partial charge in [0, 0.05) is 25.1 Å². The topological polar surface area (TPSA) is 38.1 Å². The van der Waals surface area contributed by atoms with Gasteiger partial charge in [-0.3, -0.25) is 9.48 Å². The lowest BCUT2D eigenvalue weighted by atomic mass is 10.2. The molecular formula is C10H15N3O. The molecule has 0 fully saturated rings. The minimum absolute atomic E-state index is 0.0808. The van der Waals surface area contributed by atoms with Crippen LogP contribution in [0, 0.1) is 5.92 Å². The van der Waals surface area contributed by atoms with E-state index in [4.69, 9.17) is 0 Å². The third kappa shape index (κ3) is 1.31. The van der Waals surface area contributed by atoms with Crippen molar-refractivity contribution in [2.75, 3.05) is 0 Å². The first-order valence-electron chi connectivity index (χ1n) is 4.88. The average Bonchev–Trinajstić information content (AvgIpc) is 2.67. The summed E-state index contributed by atoms with van der Waals surface area (Å²) in [5.74, 6) is 0.304. The van der Waals surface area contributed by atoms with Crippen molar-refractivity contribution >= 4 is 5.91 Å². The summed E-state index contributed by atoms with van der Waals surface area (Å²) in [5, 5.41) is 4.16. The van der Waals surface area contributed by atoms with Crippen LogP contribution in [0.3, 0.4) is 0 Å². The molecule has 4 nitrogen and oxygen atoms in total. The summed E-state index contributed by atoms with van der Waals surface area (Å²) < 4.78 is 1.85. The maximum absolute atomic E-state index is 11.7. The molecule has 0 aliphatic carbocycles. The van der Waals surface area contributed by atoms with E-state index in [0.717, 1.165) is 6.54 Å². The molecule has 1 aromatic heterocycles. The zero-order valence-corrected chi connectivity index (χ0v) is 8.82. The van der Waals surface area contributed by atoms with Crippen molar-refractivity contribution in [2.45, 2.75) is 26.9 Å². The lowest BCUT2D eigenvalue weighted by molar-refractivity contribution is -0.135. The summed E-state index contributed by atoms with van der Waals surface area (Å²) in [7, 11) is 1.92. The van der Waals surface area contributed by atoms with Crippen molar-refractivity contribution in [3.05, 3.63) is 17.5 Å². The van der Waals surface area contributed by atoms with Gasteiger partial charge in [-0.15, -0.1) is 0 Å². The second-order valence-electron chi connectivity index (χ2n) is 4.09. The molecule has 0 atom stereocenters. The number of carbonyl (C=O) groups is 1. The van der Waals surface area contributed by atoms with E-state index < -0.39 is 0 Å². The highest BCUT2D eigenvalue weighted by molar-refractivity contribution is 5.78. The number of aryl methyl sites for hydroxylation is 1. The minimum Gasteiger partial charge on any atom is -0.332 e. The molecule has 1 aromatic rings. The lowest BCUT2D eigenvalue weighted by Gasteiger charge is -2.17. The van der Waals surface area contributed by atoms with Crippen LogP contribution in [0.4, 0.5) is 0 Å². The molecule has 0 saturated heterocycles. The fourth-order valence-corrected chi connectivity index (χ4v) is 1.81. The third-order valence-electron chi connectivity index (χ3n) is 2.66. The zero-order valence-electron chi connectivity index (χ0n) is 8.82. The van der Waals surface area contributed by atoms with Crippen LogP contribution in [0.15, 0.2) is 6.20 Å². The number of hydrogen-bond donors (Lipinski definition) is 0. The van der Waals surface area contributed by atoms with Crippen molar-refractivity contribution in [2.24, 2.45) is 13.0 Å². The smallest absolute Gasteiger partial charge is 0.225 e. The van der Waals surface area contributed by atoms with Gasteiger partial charge in [-0.05, 0) is 0 Å². The number of nitrogens with zero attached hydrogens (tertiary/aromatic N) is 3. The van der Waals surface area contributed by atoms with E-state index in [1.807, 2.05) is 36.7 Å². The molecule has 2 heterocycles. The van der Waals surface area contributed by atoms with Gasteiger partial charge in [0.25, 0.3) is 0 Å². The van der Waals surface area contributed by atoms with Crippen LogP contribution in [0.2, 0.25) is 0 Å². The molecule has 0 aromatic carbocycles. The van der Waals surface area contributed by atoms with Crippen molar-refractivity contribution < 1.29 is 4.79 Å². The number of carbonyl (C=O) groups excluding carboxylic acids is 1. The average molecular weight is 193 g/mol. The zero-order chi connectivity index (χ0) is 10.3. The summed E-state index contributed by atoms with van der Waals surface area (Å²) in [6.45, 7) is 5.30. The first-order valence-corrected chi connectivity index (χ1v) is 4.88. The van der Waals surface area contributed by atoms with Crippen LogP contribution in [0.5, 0.6) is 0 Å². The number of amides is 1. The molecule has 76 valence electrons. The first kappa shape index (κ1) is 9.24. The van der Waals surface area contributed by atoms with Crippen LogP contribution < -0.4 is 0 Å². The van der Waals surface area contributed by atoms with Gasteiger partial charge in [-0.1, -0.05) is 13.8 Å². The van der Waals surface area contributed by atoms with Crippen LogP contribution in [-0.4, -0.2) is 20.6 Å². The molecule has 1 amide bonds. The summed E-state index contributed by atoms with van der Waals surface area (Å²) in [6, 6.07) is 0. The predicted octanol–water partition coefficient (Wildman–Crippen LogP) is 0.918. The molecule has 0 unspecified atom stereocenters. The Morgan fingerprint density at radius 3 is 2.79 bits per heavy atom. The first-order chi connectivity index (χ1) is 6.59. The van der Waals surface area contributed by atoms with Gasteiger partial charge in [0.1, 0.15) is 0 Å². The minimum atomic E-state index is 0.0808. The van der Waals surface area contributed by atoms with Gasteiger partial charge < -0.3 is 4.90 Å². The standard InChI is InChI=1S/C10H15N3O/c1-7(2)10(14)13-5-8-4-11-12(3)9(8)6-13/h4,7H,5-6H2,1-3H3. The van der Waals surface area contributed by atoms with Crippen molar-refractivity contribution in [1.29, 1.82) is 0 Å². The van der Waals surface area contributed by atoms with E-state index in [1.165, 1.54) is 11.3 Å². The van der Waals surface area contributed by atoms with Gasteiger partial charge in [-0.2, -0.15) is 5.10 Å². The SMILES string of the molecule is CC(C)C(=O)N1Cc2cnn(C)c2C1. The fraction of sp³-hybridized carbons (Fsp3) is 0.600. The molecular weight excluding hydrogens is 178 g/mol. The van der Waals surface area contributed by atoms with E-state index in [-0.39, 0.29) is 11.8 Å². The largest absolute Gasteiger partial charge is 0.332 e. The fourth-order valence-electron chi connectivity index (χ4n) is 1.81. The van der Waals surface area contributed by atoms with E-state index in [9.17, 15) is 4.79 Å². The lowest BCUT2D eigenvalue weighted by Crippen LogP contribution is -2.29. The van der Waals surface area contributed by atoms with E-state index in [0.29, 0.717) is 6.54 Å². The molecule has 1 aliphatic rings. The molecule has 1 aliphatic heterocycles. The maximum atomic E-state index is 11.7. The highest BCUT2D eigenvalue weighted by atomic mass is 16.2. The monoisotopic (exact) mass is 193 g/mol. The number of rotatable bonds is 1. The maximum Gasteiger partial charge on any atom is 0.225 e. The quantitative estimate of drug-likeness (QED) is 0.665. The van der Waals surface area contributed by atoms with Gasteiger partial charge in [-0.25, -0.2) is 0 Å². The molecule has 0 radical (unpaired) electrons. The van der Waals surface area contributed by atoms with Gasteiger partial charge >= 0.3 is 0 Å². The number of aromatic nitrogens is 2. The number of hydrogen-bond acceptors (Lipinski definition) is 2. The Morgan fingerprint density at radius 2 is 2.21 bits per heavy atom. The van der Waals surface area contributed by atoms with Gasteiger partial charge in [0.15, 0.2) is 0 Å². The summed E-state index contributed by atoms with van der Waals surface area (Å²) in [5.41, 5.74) is 2.35. The highest BCUT2D eigenvalue weighted by Crippen LogP contribution is 2.22. The molecule has 14 heavy (non-hydrogen) atoms. The van der Waals surface area contributed by atoms with Gasteiger partial charge in [0.05, 0.1) is 18.4 Å². The molecule has 2 rings (SSSR count). The van der Waals surface area contributed by atoms with E-state index >= 15 is 0 Å². The third-order valence-corrected chi connectivity index (χ3v) is 2.66. The molecule has 0 N–H and O–H groups in total. The Labute approximate surface area is 83.5 Å². The molecule has 0 bridgehead atoms. The molecule has 4 heteroatoms. The molecule has 0 saturated carbocycles. The Morgan fingerprint density at radius 1 is 1.50 bits per heavy atom.